The van der Waals surface area contributed by atoms with E-state index in [1.54, 1.807) is 0 Å². The van der Waals surface area contributed by atoms with Gasteiger partial charge in [0.25, 0.3) is 10.0 Å². The molecule has 0 radical (unpaired) electrons. The van der Waals surface area contributed by atoms with Gasteiger partial charge in [0, 0.05) is 17.3 Å². The van der Waals surface area contributed by atoms with E-state index in [1.165, 1.54) is 12.1 Å². The smallest absolute Gasteiger partial charge is 0.274 e. The lowest BCUT2D eigenvalue weighted by Gasteiger charge is -2.09. The summed E-state index contributed by atoms with van der Waals surface area (Å²) in [5.74, 6) is 0.151. The van der Waals surface area contributed by atoms with E-state index in [2.05, 4.69) is 14.9 Å². The number of aryl methyl sites for hydroxylation is 1. The van der Waals surface area contributed by atoms with Crippen LogP contribution in [0.5, 0.6) is 0 Å². The van der Waals surface area contributed by atoms with E-state index < -0.39 is 25.9 Å². The molecule has 3 rings (SSSR count). The van der Waals surface area contributed by atoms with Crippen molar-refractivity contribution in [1.29, 1.82) is 0 Å². The number of sulfone groups is 1. The number of sulfonamides is 1. The Kier molecular flexibility index (Phi) is 3.85. The van der Waals surface area contributed by atoms with Crippen molar-refractivity contribution in [2.75, 3.05) is 11.5 Å². The molecule has 8 nitrogen and oxygen atoms in total. The molecule has 0 bridgehead atoms. The first-order chi connectivity index (χ1) is 10.7. The van der Waals surface area contributed by atoms with Crippen LogP contribution in [-0.4, -0.2) is 44.6 Å². The van der Waals surface area contributed by atoms with Gasteiger partial charge in [0.05, 0.1) is 11.5 Å². The highest BCUT2D eigenvalue weighted by Crippen LogP contribution is 2.27. The molecule has 1 aliphatic rings. The zero-order valence-corrected chi connectivity index (χ0v) is 14.3. The second-order valence-electron chi connectivity index (χ2n) is 5.66. The van der Waals surface area contributed by atoms with Crippen LogP contribution in [0.15, 0.2) is 21.6 Å². The van der Waals surface area contributed by atoms with Gasteiger partial charge in [0.15, 0.2) is 15.6 Å². The summed E-state index contributed by atoms with van der Waals surface area (Å²) in [5, 5.41) is 6.65. The van der Waals surface area contributed by atoms with Gasteiger partial charge in [0.2, 0.25) is 5.09 Å². The van der Waals surface area contributed by atoms with Crippen LogP contribution in [0.1, 0.15) is 17.7 Å². The predicted molar refractivity (Wildman–Crippen MR) is 83.1 cm³/mol. The number of rotatable bonds is 4. The van der Waals surface area contributed by atoms with E-state index in [1.807, 2.05) is 13.8 Å². The van der Waals surface area contributed by atoms with Gasteiger partial charge in [-0.05, 0) is 32.4 Å². The molecule has 0 aromatic carbocycles. The van der Waals surface area contributed by atoms with Crippen LogP contribution in [0.4, 0.5) is 0 Å². The largest absolute Gasteiger partial charge is 0.442 e. The van der Waals surface area contributed by atoms with Crippen molar-refractivity contribution in [3.05, 3.63) is 23.4 Å². The third-order valence-electron chi connectivity index (χ3n) is 3.89. The molecule has 1 unspecified atom stereocenters. The fraction of sp³-hybridized carbons (Fsp3) is 0.462. The van der Waals surface area contributed by atoms with Crippen LogP contribution in [0.2, 0.25) is 0 Å². The van der Waals surface area contributed by atoms with Crippen molar-refractivity contribution >= 4 is 19.9 Å². The zero-order valence-electron chi connectivity index (χ0n) is 12.7. The summed E-state index contributed by atoms with van der Waals surface area (Å²) in [5.41, 5.74) is 2.29. The Balaban J connectivity index is 1.83. The van der Waals surface area contributed by atoms with Crippen molar-refractivity contribution in [2.45, 2.75) is 31.4 Å². The average molecular weight is 359 g/mol. The third kappa shape index (κ3) is 3.19. The summed E-state index contributed by atoms with van der Waals surface area (Å²) < 4.78 is 55.2. The van der Waals surface area contributed by atoms with Crippen LogP contribution < -0.4 is 4.72 Å². The Morgan fingerprint density at radius 3 is 2.65 bits per heavy atom. The Labute approximate surface area is 134 Å². The molecule has 1 aliphatic heterocycles. The van der Waals surface area contributed by atoms with Crippen LogP contribution in [0.25, 0.3) is 11.5 Å². The van der Waals surface area contributed by atoms with E-state index in [0.29, 0.717) is 11.5 Å². The molecule has 0 aliphatic carbocycles. The highest BCUT2D eigenvalue weighted by atomic mass is 32.2. The topological polar surface area (TPSA) is 122 Å². The molecule has 0 saturated carbocycles. The minimum absolute atomic E-state index is 0.00463. The van der Waals surface area contributed by atoms with Gasteiger partial charge in [-0.15, -0.1) is 0 Å². The molecule has 2 N–H and O–H groups in total. The Morgan fingerprint density at radius 2 is 2.09 bits per heavy atom. The summed E-state index contributed by atoms with van der Waals surface area (Å²) in [6.07, 6.45) is 0.271. The molecule has 23 heavy (non-hydrogen) atoms. The molecule has 3 heterocycles. The Bertz CT molecular complexity index is 940. The number of aromatic nitrogens is 2. The number of hydrogen-bond donors (Lipinski definition) is 2. The van der Waals surface area contributed by atoms with E-state index in [-0.39, 0.29) is 23.0 Å². The summed E-state index contributed by atoms with van der Waals surface area (Å²) in [7, 11) is -7.07. The maximum absolute atomic E-state index is 12.3. The molecule has 2 aromatic heterocycles. The zero-order chi connectivity index (χ0) is 16.8. The predicted octanol–water partition coefficient (Wildman–Crippen LogP) is 0.752. The van der Waals surface area contributed by atoms with Gasteiger partial charge < -0.3 is 4.42 Å². The number of nitrogens with one attached hydrogen (secondary N) is 2. The summed E-state index contributed by atoms with van der Waals surface area (Å²) in [6.45, 7) is 3.71. The maximum Gasteiger partial charge on any atom is 0.274 e. The van der Waals surface area contributed by atoms with Crippen molar-refractivity contribution in [3.8, 4) is 11.5 Å². The number of hydrogen-bond acceptors (Lipinski definition) is 6. The van der Waals surface area contributed by atoms with Gasteiger partial charge in [0.1, 0.15) is 5.69 Å². The average Bonchev–Trinajstić information content (AvgIpc) is 3.12. The molecule has 126 valence electrons. The van der Waals surface area contributed by atoms with Crippen LogP contribution in [-0.2, 0) is 19.9 Å². The van der Waals surface area contributed by atoms with Crippen LogP contribution in [0.3, 0.4) is 0 Å². The lowest BCUT2D eigenvalue weighted by atomic mass is 10.2. The lowest BCUT2D eigenvalue weighted by Crippen LogP contribution is -2.35. The van der Waals surface area contributed by atoms with E-state index in [0.717, 1.165) is 11.3 Å². The number of aromatic amines is 1. The molecule has 1 saturated heterocycles. The van der Waals surface area contributed by atoms with Gasteiger partial charge in [-0.1, -0.05) is 0 Å². The maximum atomic E-state index is 12.3. The monoisotopic (exact) mass is 359 g/mol. The fourth-order valence-electron chi connectivity index (χ4n) is 2.48. The molecule has 0 spiro atoms. The second kappa shape index (κ2) is 5.46. The van der Waals surface area contributed by atoms with E-state index in [9.17, 15) is 16.8 Å². The van der Waals surface area contributed by atoms with Gasteiger partial charge >= 0.3 is 0 Å². The van der Waals surface area contributed by atoms with Gasteiger partial charge in [-0.25, -0.2) is 21.6 Å². The van der Waals surface area contributed by atoms with Crippen molar-refractivity contribution in [1.82, 2.24) is 14.9 Å². The Morgan fingerprint density at radius 1 is 1.35 bits per heavy atom. The normalized spacial score (nSPS) is 20.9. The third-order valence-corrected chi connectivity index (χ3v) is 7.05. The molecule has 10 heteroatoms. The number of furan rings is 1. The molecule has 0 amide bonds. The quantitative estimate of drug-likeness (QED) is 0.831. The minimum atomic E-state index is -3.91. The highest BCUT2D eigenvalue weighted by Gasteiger charge is 2.32. The second-order valence-corrected chi connectivity index (χ2v) is 9.54. The first-order valence-corrected chi connectivity index (χ1v) is 10.3. The first-order valence-electron chi connectivity index (χ1n) is 7.02. The van der Waals surface area contributed by atoms with Crippen molar-refractivity contribution in [3.63, 3.8) is 0 Å². The molecule has 1 fully saturated rings. The summed E-state index contributed by atoms with van der Waals surface area (Å²) in [6, 6.07) is 2.25. The summed E-state index contributed by atoms with van der Waals surface area (Å²) in [4.78, 5) is 0. The van der Waals surface area contributed by atoms with E-state index in [4.69, 9.17) is 4.42 Å². The molecule has 1 atom stereocenters. The van der Waals surface area contributed by atoms with Gasteiger partial charge in [-0.3, -0.25) is 5.10 Å². The van der Waals surface area contributed by atoms with E-state index >= 15 is 0 Å². The molecular weight excluding hydrogens is 342 g/mol. The highest BCUT2D eigenvalue weighted by molar-refractivity contribution is 7.92. The first kappa shape index (κ1) is 16.2. The van der Waals surface area contributed by atoms with Crippen LogP contribution >= 0.6 is 0 Å². The number of nitrogens with zero attached hydrogens (tertiary/aromatic N) is 1. The fourth-order valence-corrected chi connectivity index (χ4v) is 5.46. The molecule has 2 aromatic rings. The standard InChI is InChI=1S/C13H17N3O5S2/c1-8-9(2)14-15-13(8)11-3-4-12(21-11)23(19,20)16-10-5-6-22(17,18)7-10/h3-4,10,16H,5-7H2,1-2H3,(H,14,15). The van der Waals surface area contributed by atoms with Crippen LogP contribution in [0, 0.1) is 13.8 Å². The van der Waals surface area contributed by atoms with Crippen molar-refractivity contribution in [2.24, 2.45) is 0 Å². The number of H-pyrrole nitrogens is 1. The summed E-state index contributed by atoms with van der Waals surface area (Å²) >= 11 is 0. The minimum Gasteiger partial charge on any atom is -0.442 e. The van der Waals surface area contributed by atoms with Gasteiger partial charge in [-0.2, -0.15) is 5.10 Å². The van der Waals surface area contributed by atoms with Crippen molar-refractivity contribution < 1.29 is 21.3 Å². The SMILES string of the molecule is Cc1[nH]nc(-c2ccc(S(=O)(=O)NC3CCS(=O)(=O)C3)o2)c1C. The lowest BCUT2D eigenvalue weighted by molar-refractivity contribution is 0.451. The Hall–Kier alpha value is -1.65. The molecular formula is C13H17N3O5S2.